The fourth-order valence-electron chi connectivity index (χ4n) is 0.863. The van der Waals surface area contributed by atoms with Crippen molar-refractivity contribution in [2.45, 2.75) is 32.7 Å². The zero-order chi connectivity index (χ0) is 7.28. The van der Waals surface area contributed by atoms with E-state index in [1.807, 2.05) is 0 Å². The second kappa shape index (κ2) is 5.07. The molecule has 0 radical (unpaired) electrons. The summed E-state index contributed by atoms with van der Waals surface area (Å²) in [6, 6.07) is 0.308. The Bertz CT molecular complexity index is 63.9. The van der Waals surface area contributed by atoms with Gasteiger partial charge < -0.3 is 5.73 Å². The van der Waals surface area contributed by atoms with Crippen LogP contribution in [0.2, 0.25) is 0 Å². The highest BCUT2D eigenvalue weighted by molar-refractivity contribution is 6.17. The molecule has 56 valence electrons. The molecule has 0 aromatic heterocycles. The van der Waals surface area contributed by atoms with E-state index < -0.39 is 0 Å². The Morgan fingerprint density at radius 1 is 1.44 bits per heavy atom. The van der Waals surface area contributed by atoms with E-state index in [0.717, 1.165) is 12.8 Å². The van der Waals surface area contributed by atoms with E-state index in [1.54, 1.807) is 0 Å². The molecule has 1 unspecified atom stereocenters. The third kappa shape index (κ3) is 6.13. The summed E-state index contributed by atoms with van der Waals surface area (Å²) < 4.78 is 0. The number of nitrogens with two attached hydrogens (primary N) is 1. The second-order valence-corrected chi connectivity index (χ2v) is 3.25. The lowest BCUT2D eigenvalue weighted by Crippen LogP contribution is -2.22. The number of halogens is 1. The highest BCUT2D eigenvalue weighted by atomic mass is 35.5. The monoisotopic (exact) mass is 149 g/mol. The van der Waals surface area contributed by atoms with Crippen LogP contribution in [0.5, 0.6) is 0 Å². The van der Waals surface area contributed by atoms with Crippen LogP contribution in [0.1, 0.15) is 26.7 Å². The van der Waals surface area contributed by atoms with E-state index in [4.69, 9.17) is 17.3 Å². The van der Waals surface area contributed by atoms with Crippen LogP contribution in [-0.4, -0.2) is 11.9 Å². The minimum Gasteiger partial charge on any atom is -0.328 e. The van der Waals surface area contributed by atoms with Crippen molar-refractivity contribution in [3.63, 3.8) is 0 Å². The smallest absolute Gasteiger partial charge is 0.0238 e. The predicted octanol–water partition coefficient (Wildman–Crippen LogP) is 1.99. The lowest BCUT2D eigenvalue weighted by molar-refractivity contribution is 0.487. The van der Waals surface area contributed by atoms with Crippen LogP contribution >= 0.6 is 11.6 Å². The minimum atomic E-state index is 0.308. The molecule has 1 atom stereocenters. The van der Waals surface area contributed by atoms with Gasteiger partial charge in [0.15, 0.2) is 0 Å². The van der Waals surface area contributed by atoms with Crippen molar-refractivity contribution < 1.29 is 0 Å². The van der Waals surface area contributed by atoms with Gasteiger partial charge >= 0.3 is 0 Å². The molecule has 0 aromatic carbocycles. The summed E-state index contributed by atoms with van der Waals surface area (Å²) >= 11 is 5.50. The Morgan fingerprint density at radius 2 is 2.00 bits per heavy atom. The van der Waals surface area contributed by atoms with Crippen LogP contribution in [-0.2, 0) is 0 Å². The SMILES string of the molecule is CC(C)CC(N)CCCl. The molecule has 0 heterocycles. The first kappa shape index (κ1) is 9.25. The molecule has 0 saturated carbocycles. The molecule has 0 aliphatic rings. The molecule has 0 aliphatic heterocycles. The average molecular weight is 150 g/mol. The van der Waals surface area contributed by atoms with Crippen molar-refractivity contribution in [3.05, 3.63) is 0 Å². The largest absolute Gasteiger partial charge is 0.328 e. The molecule has 2 heteroatoms. The zero-order valence-corrected chi connectivity index (χ0v) is 6.99. The van der Waals surface area contributed by atoms with Crippen LogP contribution in [0.15, 0.2) is 0 Å². The summed E-state index contributed by atoms with van der Waals surface area (Å²) in [6.45, 7) is 4.35. The van der Waals surface area contributed by atoms with Crippen molar-refractivity contribution in [2.24, 2.45) is 11.7 Å². The van der Waals surface area contributed by atoms with Gasteiger partial charge in [0.25, 0.3) is 0 Å². The number of hydrogen-bond acceptors (Lipinski definition) is 1. The van der Waals surface area contributed by atoms with Crippen molar-refractivity contribution in [3.8, 4) is 0 Å². The van der Waals surface area contributed by atoms with Gasteiger partial charge in [-0.05, 0) is 18.8 Å². The van der Waals surface area contributed by atoms with E-state index in [9.17, 15) is 0 Å². The molecule has 0 aliphatic carbocycles. The Morgan fingerprint density at radius 3 is 2.33 bits per heavy atom. The topological polar surface area (TPSA) is 26.0 Å². The first-order valence-corrected chi connectivity index (χ1v) is 4.01. The van der Waals surface area contributed by atoms with Gasteiger partial charge in [-0.2, -0.15) is 0 Å². The van der Waals surface area contributed by atoms with E-state index in [0.29, 0.717) is 17.8 Å². The molecule has 9 heavy (non-hydrogen) atoms. The summed E-state index contributed by atoms with van der Waals surface area (Å²) in [6.07, 6.45) is 2.03. The maximum atomic E-state index is 5.70. The van der Waals surface area contributed by atoms with Gasteiger partial charge in [-0.25, -0.2) is 0 Å². The molecular formula is C7H16ClN. The predicted molar refractivity (Wildman–Crippen MR) is 42.8 cm³/mol. The molecule has 0 rings (SSSR count). The second-order valence-electron chi connectivity index (χ2n) is 2.87. The van der Waals surface area contributed by atoms with Crippen LogP contribution in [0, 0.1) is 5.92 Å². The molecule has 0 amide bonds. The van der Waals surface area contributed by atoms with Crippen molar-refractivity contribution >= 4 is 11.6 Å². The maximum Gasteiger partial charge on any atom is 0.0238 e. The maximum absolute atomic E-state index is 5.70. The number of alkyl halides is 1. The summed E-state index contributed by atoms with van der Waals surface area (Å²) in [5.74, 6) is 1.39. The Labute approximate surface area is 62.6 Å². The van der Waals surface area contributed by atoms with Gasteiger partial charge in [-0.3, -0.25) is 0 Å². The molecule has 0 saturated heterocycles. The molecular weight excluding hydrogens is 134 g/mol. The van der Waals surface area contributed by atoms with Gasteiger partial charge in [0, 0.05) is 11.9 Å². The number of hydrogen-bond donors (Lipinski definition) is 1. The quantitative estimate of drug-likeness (QED) is 0.608. The third-order valence-corrected chi connectivity index (χ3v) is 1.47. The lowest BCUT2D eigenvalue weighted by atomic mass is 10.0. The molecule has 2 N–H and O–H groups in total. The van der Waals surface area contributed by atoms with Crippen LogP contribution in [0.25, 0.3) is 0 Å². The fraction of sp³-hybridized carbons (Fsp3) is 1.00. The summed E-state index contributed by atoms with van der Waals surface area (Å²) in [5.41, 5.74) is 5.70. The Balaban J connectivity index is 3.15. The summed E-state index contributed by atoms with van der Waals surface area (Å²) in [7, 11) is 0. The molecule has 0 bridgehead atoms. The Kier molecular flexibility index (Phi) is 5.21. The first-order chi connectivity index (χ1) is 4.16. The summed E-state index contributed by atoms with van der Waals surface area (Å²) in [4.78, 5) is 0. The molecule has 0 aromatic rings. The molecule has 0 fully saturated rings. The van der Waals surface area contributed by atoms with Crippen LogP contribution in [0.4, 0.5) is 0 Å². The lowest BCUT2D eigenvalue weighted by Gasteiger charge is -2.11. The van der Waals surface area contributed by atoms with Gasteiger partial charge in [0.1, 0.15) is 0 Å². The van der Waals surface area contributed by atoms with E-state index >= 15 is 0 Å². The third-order valence-electron chi connectivity index (χ3n) is 1.25. The van der Waals surface area contributed by atoms with E-state index in [-0.39, 0.29) is 0 Å². The highest BCUT2D eigenvalue weighted by Crippen LogP contribution is 2.05. The zero-order valence-electron chi connectivity index (χ0n) is 6.23. The average Bonchev–Trinajstić information content (AvgIpc) is 1.63. The summed E-state index contributed by atoms with van der Waals surface area (Å²) in [5, 5.41) is 0. The van der Waals surface area contributed by atoms with E-state index in [1.165, 1.54) is 0 Å². The van der Waals surface area contributed by atoms with Gasteiger partial charge in [-0.15, -0.1) is 11.6 Å². The van der Waals surface area contributed by atoms with Crippen LogP contribution < -0.4 is 5.73 Å². The fourth-order valence-corrected chi connectivity index (χ4v) is 1.14. The first-order valence-electron chi connectivity index (χ1n) is 3.48. The minimum absolute atomic E-state index is 0.308. The van der Waals surface area contributed by atoms with Crippen molar-refractivity contribution in [1.29, 1.82) is 0 Å². The van der Waals surface area contributed by atoms with Crippen LogP contribution in [0.3, 0.4) is 0 Å². The Hall–Kier alpha value is 0.250. The highest BCUT2D eigenvalue weighted by Gasteiger charge is 2.02. The van der Waals surface area contributed by atoms with Crippen molar-refractivity contribution in [2.75, 3.05) is 5.88 Å². The van der Waals surface area contributed by atoms with E-state index in [2.05, 4.69) is 13.8 Å². The normalized spacial score (nSPS) is 14.3. The number of rotatable bonds is 4. The van der Waals surface area contributed by atoms with Crippen molar-refractivity contribution in [1.82, 2.24) is 0 Å². The van der Waals surface area contributed by atoms with Gasteiger partial charge in [0.2, 0.25) is 0 Å². The van der Waals surface area contributed by atoms with Gasteiger partial charge in [0.05, 0.1) is 0 Å². The van der Waals surface area contributed by atoms with Gasteiger partial charge in [-0.1, -0.05) is 13.8 Å². The molecule has 0 spiro atoms. The standard InChI is InChI=1S/C7H16ClN/c1-6(2)5-7(9)3-4-8/h6-7H,3-5,9H2,1-2H3. The molecule has 1 nitrogen and oxygen atoms in total.